The second kappa shape index (κ2) is 11.5. The van der Waals surface area contributed by atoms with Crippen LogP contribution in [-0.4, -0.2) is 9.91 Å². The van der Waals surface area contributed by atoms with Crippen LogP contribution in [0.5, 0.6) is 0 Å². The van der Waals surface area contributed by atoms with Crippen molar-refractivity contribution >= 4 is 40.1 Å². The highest BCUT2D eigenvalue weighted by Gasteiger charge is 2.19. The molecular weight excluding hydrogens is 479 g/mol. The molecule has 0 aliphatic rings. The van der Waals surface area contributed by atoms with Crippen molar-refractivity contribution in [1.29, 1.82) is 0 Å². The zero-order valence-corrected chi connectivity index (χ0v) is 18.0. The molecule has 0 bridgehead atoms. The minimum absolute atomic E-state index is 0.148. The number of hydrogen-bond donors (Lipinski definition) is 1. The van der Waals surface area contributed by atoms with Gasteiger partial charge in [-0.25, -0.2) is 0 Å². The number of halogens is 2. The van der Waals surface area contributed by atoms with Gasteiger partial charge in [-0.3, -0.25) is 9.09 Å². The average Bonchev–Trinajstić information content (AvgIpc) is 2.69. The first-order valence-electron chi connectivity index (χ1n) is 7.91. The van der Waals surface area contributed by atoms with E-state index in [4.69, 9.17) is 9.42 Å². The summed E-state index contributed by atoms with van der Waals surface area (Å²) in [6.07, 6.45) is 0. The summed E-state index contributed by atoms with van der Waals surface area (Å²) < 4.78 is 15.2. The number of alkyl halides is 2. The van der Waals surface area contributed by atoms with Crippen molar-refractivity contribution in [3.63, 3.8) is 0 Å². The van der Waals surface area contributed by atoms with Crippen LogP contribution in [0, 0.1) is 0 Å². The summed E-state index contributed by atoms with van der Waals surface area (Å²) in [5.41, 5.74) is 3.54. The van der Waals surface area contributed by atoms with Crippen LogP contribution in [0.25, 0.3) is 11.1 Å². The van der Waals surface area contributed by atoms with Crippen molar-refractivity contribution in [2.45, 2.75) is 9.84 Å². The van der Waals surface area contributed by atoms with Gasteiger partial charge in [0.05, 0.1) is 4.83 Å². The minimum Gasteiger partial charge on any atom is -0.326 e. The molecule has 136 valence electrons. The van der Waals surface area contributed by atoms with Gasteiger partial charge in [-0.05, 0) is 16.7 Å². The molecule has 0 aliphatic carbocycles. The van der Waals surface area contributed by atoms with Crippen LogP contribution in [0.4, 0.5) is 0 Å². The first-order chi connectivity index (χ1) is 12.6. The summed E-state index contributed by atoms with van der Waals surface area (Å²) in [6, 6.07) is 30.3. The van der Waals surface area contributed by atoms with Gasteiger partial charge in [0.25, 0.3) is 0 Å². The molecule has 3 aromatic rings. The predicted molar refractivity (Wildman–Crippen MR) is 115 cm³/mol. The minimum atomic E-state index is -2.91. The van der Waals surface area contributed by atoms with E-state index in [1.165, 1.54) is 11.1 Å². The Labute approximate surface area is 171 Å². The third kappa shape index (κ3) is 7.18. The van der Waals surface area contributed by atoms with Crippen LogP contribution >= 0.6 is 40.1 Å². The van der Waals surface area contributed by atoms with Crippen LogP contribution in [0.2, 0.25) is 0 Å². The fourth-order valence-corrected chi connectivity index (χ4v) is 3.93. The van der Waals surface area contributed by atoms with E-state index in [0.29, 0.717) is 0 Å². The van der Waals surface area contributed by atoms with E-state index in [-0.39, 0.29) is 4.83 Å². The van der Waals surface area contributed by atoms with Crippen LogP contribution in [0.1, 0.15) is 10.4 Å². The lowest BCUT2D eigenvalue weighted by molar-refractivity contribution is 0.264. The summed E-state index contributed by atoms with van der Waals surface area (Å²) in [6.45, 7) is 0. The van der Waals surface area contributed by atoms with Gasteiger partial charge in [-0.2, -0.15) is 0 Å². The molecule has 0 saturated heterocycles. The van der Waals surface area contributed by atoms with E-state index < -0.39 is 13.3 Å². The van der Waals surface area contributed by atoms with E-state index in [1.807, 2.05) is 42.5 Å². The lowest BCUT2D eigenvalue weighted by atomic mass is 10.1. The smallest absolute Gasteiger partial charge is 0.317 e. The highest BCUT2D eigenvalue weighted by Crippen LogP contribution is 2.36. The van der Waals surface area contributed by atoms with E-state index in [9.17, 15) is 4.57 Å². The van der Waals surface area contributed by atoms with Crippen molar-refractivity contribution in [1.82, 2.24) is 0 Å². The first kappa shape index (κ1) is 21.1. The zero-order chi connectivity index (χ0) is 18.8. The Morgan fingerprint density at radius 2 is 1.12 bits per heavy atom. The Morgan fingerprint density at radius 1 is 0.731 bits per heavy atom. The number of rotatable bonds is 5. The molecular formula is C20H19Br2O3P. The summed E-state index contributed by atoms with van der Waals surface area (Å²) in [5.74, 6) is 0. The number of hydrogen-bond acceptors (Lipinski definition) is 2. The molecule has 3 aromatic carbocycles. The van der Waals surface area contributed by atoms with Gasteiger partial charge in [-0.1, -0.05) is 123 Å². The Bertz CT molecular complexity index is 748. The Kier molecular flexibility index (Phi) is 9.30. The van der Waals surface area contributed by atoms with Gasteiger partial charge < -0.3 is 4.89 Å². The van der Waals surface area contributed by atoms with Crippen molar-refractivity contribution < 1.29 is 14.0 Å². The molecule has 0 heterocycles. The molecule has 6 heteroatoms. The molecule has 0 saturated carbocycles. The van der Waals surface area contributed by atoms with E-state index in [2.05, 4.69) is 80.4 Å². The molecule has 0 aromatic heterocycles. The summed E-state index contributed by atoms with van der Waals surface area (Å²) >= 11 is 6.55. The summed E-state index contributed by atoms with van der Waals surface area (Å²) in [4.78, 5) is 8.44. The first-order valence-corrected chi connectivity index (χ1v) is 11.0. The topological polar surface area (TPSA) is 46.5 Å². The molecule has 3 unspecified atom stereocenters. The average molecular weight is 498 g/mol. The molecule has 3 atom stereocenters. The van der Waals surface area contributed by atoms with Gasteiger partial charge in [0.2, 0.25) is 0 Å². The van der Waals surface area contributed by atoms with Crippen molar-refractivity contribution in [2.24, 2.45) is 0 Å². The SMILES string of the molecule is O=[PH](O)OC(Br)C(Br)c1ccccc1.c1ccc(-c2ccccc2)cc1. The van der Waals surface area contributed by atoms with E-state index in [1.54, 1.807) is 0 Å². The van der Waals surface area contributed by atoms with Crippen molar-refractivity contribution in [3.8, 4) is 11.1 Å². The van der Waals surface area contributed by atoms with Crippen molar-refractivity contribution in [3.05, 3.63) is 96.6 Å². The highest BCUT2D eigenvalue weighted by atomic mass is 79.9. The predicted octanol–water partition coefficient (Wildman–Crippen LogP) is 6.60. The molecule has 0 aliphatic heterocycles. The fraction of sp³-hybridized carbons (Fsp3) is 0.100. The molecule has 3 rings (SSSR count). The largest absolute Gasteiger partial charge is 0.326 e. The van der Waals surface area contributed by atoms with E-state index in [0.717, 1.165) is 5.56 Å². The maximum absolute atomic E-state index is 10.5. The zero-order valence-electron chi connectivity index (χ0n) is 13.8. The normalized spacial score (nSPS) is 13.8. The van der Waals surface area contributed by atoms with Crippen molar-refractivity contribution in [2.75, 3.05) is 0 Å². The summed E-state index contributed by atoms with van der Waals surface area (Å²) in [5, 5.41) is -0.513. The van der Waals surface area contributed by atoms with Gasteiger partial charge >= 0.3 is 8.25 Å². The number of benzene rings is 3. The molecule has 0 amide bonds. The molecule has 26 heavy (non-hydrogen) atoms. The highest BCUT2D eigenvalue weighted by molar-refractivity contribution is 9.12. The second-order valence-electron chi connectivity index (χ2n) is 5.28. The van der Waals surface area contributed by atoms with Gasteiger partial charge in [0, 0.05) is 0 Å². The van der Waals surface area contributed by atoms with Crippen LogP contribution in [0.15, 0.2) is 91.0 Å². The molecule has 1 N–H and O–H groups in total. The maximum atomic E-state index is 10.5. The van der Waals surface area contributed by atoms with Gasteiger partial charge in [-0.15, -0.1) is 0 Å². The Balaban J connectivity index is 0.000000189. The Hall–Kier alpha value is -1.23. The molecule has 0 spiro atoms. The standard InChI is InChI=1S/C12H10.C8H9Br2O3P/c1-3-7-11(8-4-1)12-9-5-2-6-10-12;9-7(8(10)13-14(11)12)6-4-2-1-3-5-6/h1-10H;1-5,7-8,14H,(H,11,12). The summed E-state index contributed by atoms with van der Waals surface area (Å²) in [7, 11) is -2.91. The van der Waals surface area contributed by atoms with Crippen LogP contribution < -0.4 is 0 Å². The van der Waals surface area contributed by atoms with Gasteiger partial charge in [0.15, 0.2) is 0 Å². The van der Waals surface area contributed by atoms with E-state index >= 15 is 0 Å². The molecule has 0 fully saturated rings. The lowest BCUT2D eigenvalue weighted by Gasteiger charge is -2.15. The third-order valence-corrected chi connectivity index (χ3v) is 6.68. The second-order valence-corrected chi connectivity index (χ2v) is 7.94. The monoisotopic (exact) mass is 496 g/mol. The Morgan fingerprint density at radius 3 is 1.50 bits per heavy atom. The van der Waals surface area contributed by atoms with Crippen LogP contribution in [0.3, 0.4) is 0 Å². The maximum Gasteiger partial charge on any atom is 0.317 e. The quantitative estimate of drug-likeness (QED) is 0.319. The lowest BCUT2D eigenvalue weighted by Crippen LogP contribution is -2.07. The molecule has 3 nitrogen and oxygen atoms in total. The van der Waals surface area contributed by atoms with Gasteiger partial charge in [0.1, 0.15) is 5.01 Å². The molecule has 0 radical (unpaired) electrons. The van der Waals surface area contributed by atoms with Crippen LogP contribution in [-0.2, 0) is 9.09 Å². The third-order valence-electron chi connectivity index (χ3n) is 3.44. The fourth-order valence-electron chi connectivity index (χ4n) is 2.21.